The fourth-order valence-corrected chi connectivity index (χ4v) is 1.42. The highest BCUT2D eigenvalue weighted by Gasteiger charge is 2.16. The molecule has 0 aliphatic heterocycles. The van der Waals surface area contributed by atoms with Gasteiger partial charge in [0.15, 0.2) is 6.29 Å². The van der Waals surface area contributed by atoms with Crippen molar-refractivity contribution in [1.29, 1.82) is 5.26 Å². The zero-order chi connectivity index (χ0) is 15.2. The lowest BCUT2D eigenvalue weighted by molar-refractivity contribution is -0.102. The van der Waals surface area contributed by atoms with Crippen LogP contribution in [0.15, 0.2) is 29.3 Å². The number of rotatable bonds is 3. The van der Waals surface area contributed by atoms with Gasteiger partial charge in [-0.3, -0.25) is 4.79 Å². The number of aliphatic imine (C=N–C) groups is 1. The molecule has 20 heavy (non-hydrogen) atoms. The van der Waals surface area contributed by atoms with E-state index in [1.165, 1.54) is 0 Å². The molecule has 0 aliphatic rings. The van der Waals surface area contributed by atoms with E-state index in [2.05, 4.69) is 4.99 Å². The van der Waals surface area contributed by atoms with Gasteiger partial charge in [-0.05, 0) is 38.5 Å². The molecule has 0 fully saturated rings. The minimum absolute atomic E-state index is 0.0870. The van der Waals surface area contributed by atoms with Gasteiger partial charge in [-0.2, -0.15) is 10.3 Å². The topological polar surface area (TPSA) is 79.5 Å². The molecule has 5 heteroatoms. The van der Waals surface area contributed by atoms with Crippen molar-refractivity contribution in [1.82, 2.24) is 0 Å². The number of aldehydes is 1. The Labute approximate surface area is 117 Å². The Morgan fingerprint density at radius 1 is 1.35 bits per heavy atom. The van der Waals surface area contributed by atoms with Gasteiger partial charge >= 0.3 is 6.09 Å². The molecule has 0 aromatic heterocycles. The summed E-state index contributed by atoms with van der Waals surface area (Å²) < 4.78 is 5.02. The van der Waals surface area contributed by atoms with Gasteiger partial charge in [0.2, 0.25) is 0 Å². The van der Waals surface area contributed by atoms with E-state index in [0.29, 0.717) is 11.8 Å². The Balaban J connectivity index is 2.78. The zero-order valence-corrected chi connectivity index (χ0v) is 11.7. The number of nitrogens with zero attached hydrogens (tertiary/aromatic N) is 2. The van der Waals surface area contributed by atoms with Crippen molar-refractivity contribution in [3.05, 3.63) is 35.4 Å². The van der Waals surface area contributed by atoms with Gasteiger partial charge in [-0.15, -0.1) is 0 Å². The van der Waals surface area contributed by atoms with Crippen LogP contribution in [0.4, 0.5) is 4.79 Å². The smallest absolute Gasteiger partial charge is 0.434 e. The van der Waals surface area contributed by atoms with Gasteiger partial charge in [0.25, 0.3) is 0 Å². The van der Waals surface area contributed by atoms with E-state index >= 15 is 0 Å². The van der Waals surface area contributed by atoms with Crippen LogP contribution in [0.25, 0.3) is 0 Å². The predicted octanol–water partition coefficient (Wildman–Crippen LogP) is 2.68. The van der Waals surface area contributed by atoms with Crippen LogP contribution in [0.1, 0.15) is 31.9 Å². The van der Waals surface area contributed by atoms with E-state index in [1.807, 2.05) is 6.07 Å². The monoisotopic (exact) mass is 272 g/mol. The number of hydrogen-bond donors (Lipinski definition) is 0. The Morgan fingerprint density at radius 3 is 2.40 bits per heavy atom. The second-order valence-electron chi connectivity index (χ2n) is 5.19. The van der Waals surface area contributed by atoms with Gasteiger partial charge in [0.05, 0.1) is 17.3 Å². The standard InChI is InChI=1S/C15H16N2O3/c1-15(2,3)20-14(19)17-13(10-18)8-11-4-6-12(9-16)7-5-11/h4-7,10H,8H2,1-3H3. The van der Waals surface area contributed by atoms with Crippen molar-refractivity contribution in [3.63, 3.8) is 0 Å². The first-order chi connectivity index (χ1) is 9.34. The molecule has 5 nitrogen and oxygen atoms in total. The summed E-state index contributed by atoms with van der Waals surface area (Å²) in [5, 5.41) is 8.69. The second kappa shape index (κ2) is 6.62. The molecule has 1 aromatic rings. The minimum Gasteiger partial charge on any atom is -0.442 e. The summed E-state index contributed by atoms with van der Waals surface area (Å²) in [6.45, 7) is 5.17. The number of amides is 1. The molecule has 0 bridgehead atoms. The van der Waals surface area contributed by atoms with Crippen LogP contribution >= 0.6 is 0 Å². The van der Waals surface area contributed by atoms with Crippen LogP contribution in [0.2, 0.25) is 0 Å². The summed E-state index contributed by atoms with van der Waals surface area (Å²) >= 11 is 0. The number of benzene rings is 1. The number of ether oxygens (including phenoxy) is 1. The lowest BCUT2D eigenvalue weighted by atomic mass is 10.1. The molecule has 0 saturated heterocycles. The summed E-state index contributed by atoms with van der Waals surface area (Å²) in [7, 11) is 0. The van der Waals surface area contributed by atoms with Gasteiger partial charge < -0.3 is 4.74 Å². The van der Waals surface area contributed by atoms with E-state index in [1.54, 1.807) is 45.0 Å². The fraction of sp³-hybridized carbons (Fsp3) is 0.333. The Morgan fingerprint density at radius 2 is 1.95 bits per heavy atom. The molecule has 1 amide bonds. The van der Waals surface area contributed by atoms with Crippen molar-refractivity contribution in [3.8, 4) is 6.07 Å². The number of carbonyl (C=O) groups excluding carboxylic acids is 2. The highest BCUT2D eigenvalue weighted by molar-refractivity contribution is 6.30. The SMILES string of the molecule is CC(C)(C)OC(=O)N=C(C=O)Cc1ccc(C#N)cc1. The van der Waals surface area contributed by atoms with Crippen LogP contribution in [-0.2, 0) is 16.0 Å². The Bertz CT molecular complexity index is 560. The third kappa shape index (κ3) is 5.44. The van der Waals surface area contributed by atoms with Crippen LogP contribution in [0.3, 0.4) is 0 Å². The Kier molecular flexibility index (Phi) is 5.15. The van der Waals surface area contributed by atoms with Crippen LogP contribution in [0, 0.1) is 11.3 Å². The molecule has 0 radical (unpaired) electrons. The largest absolute Gasteiger partial charge is 0.442 e. The maximum Gasteiger partial charge on any atom is 0.434 e. The van der Waals surface area contributed by atoms with E-state index in [-0.39, 0.29) is 12.1 Å². The minimum atomic E-state index is -0.784. The van der Waals surface area contributed by atoms with E-state index < -0.39 is 11.7 Å². The molecule has 0 aliphatic carbocycles. The summed E-state index contributed by atoms with van der Waals surface area (Å²) in [5.74, 6) is 0. The van der Waals surface area contributed by atoms with Gasteiger partial charge in [-0.25, -0.2) is 4.79 Å². The number of carbonyl (C=O) groups is 2. The second-order valence-corrected chi connectivity index (χ2v) is 5.19. The lowest BCUT2D eigenvalue weighted by Crippen LogP contribution is -2.23. The Hall–Kier alpha value is -2.48. The first-order valence-electron chi connectivity index (χ1n) is 6.09. The highest BCUT2D eigenvalue weighted by atomic mass is 16.6. The molecular formula is C15H16N2O3. The van der Waals surface area contributed by atoms with Crippen LogP contribution in [-0.4, -0.2) is 23.7 Å². The van der Waals surface area contributed by atoms with Crippen molar-refractivity contribution >= 4 is 18.1 Å². The first kappa shape index (κ1) is 15.6. The maximum atomic E-state index is 11.5. The molecule has 0 atom stereocenters. The molecule has 0 unspecified atom stereocenters. The molecule has 0 N–H and O–H groups in total. The molecule has 0 spiro atoms. The molecular weight excluding hydrogens is 256 g/mol. The quantitative estimate of drug-likeness (QED) is 0.626. The summed E-state index contributed by atoms with van der Waals surface area (Å²) in [4.78, 5) is 26.1. The average molecular weight is 272 g/mol. The van der Waals surface area contributed by atoms with Gasteiger partial charge in [-0.1, -0.05) is 12.1 Å². The van der Waals surface area contributed by atoms with Crippen molar-refractivity contribution < 1.29 is 14.3 Å². The van der Waals surface area contributed by atoms with Gasteiger partial charge in [0, 0.05) is 6.42 Å². The van der Waals surface area contributed by atoms with Gasteiger partial charge in [0.1, 0.15) is 5.60 Å². The molecule has 104 valence electrons. The first-order valence-corrected chi connectivity index (χ1v) is 6.09. The van der Waals surface area contributed by atoms with Crippen LogP contribution in [0.5, 0.6) is 0 Å². The highest BCUT2D eigenvalue weighted by Crippen LogP contribution is 2.09. The third-order valence-electron chi connectivity index (χ3n) is 2.23. The summed E-state index contributed by atoms with van der Waals surface area (Å²) in [5.41, 5.74) is 0.760. The fourth-order valence-electron chi connectivity index (χ4n) is 1.42. The molecule has 1 aromatic carbocycles. The van der Waals surface area contributed by atoms with Crippen LogP contribution < -0.4 is 0 Å². The molecule has 0 heterocycles. The van der Waals surface area contributed by atoms with Crippen molar-refractivity contribution in [2.75, 3.05) is 0 Å². The third-order valence-corrected chi connectivity index (χ3v) is 2.23. The van der Waals surface area contributed by atoms with E-state index in [0.717, 1.165) is 5.56 Å². The zero-order valence-electron chi connectivity index (χ0n) is 11.7. The predicted molar refractivity (Wildman–Crippen MR) is 74.6 cm³/mol. The molecule has 0 saturated carbocycles. The number of nitriles is 1. The van der Waals surface area contributed by atoms with E-state index in [9.17, 15) is 9.59 Å². The summed E-state index contributed by atoms with van der Waals surface area (Å²) in [6.07, 6.45) is -0.0374. The maximum absolute atomic E-state index is 11.5. The normalized spacial score (nSPS) is 11.6. The van der Waals surface area contributed by atoms with Crippen molar-refractivity contribution in [2.24, 2.45) is 4.99 Å². The average Bonchev–Trinajstić information content (AvgIpc) is 2.36. The van der Waals surface area contributed by atoms with Crippen molar-refractivity contribution in [2.45, 2.75) is 32.8 Å². The molecule has 1 rings (SSSR count). The summed E-state index contributed by atoms with van der Waals surface area (Å²) in [6, 6.07) is 8.72. The van der Waals surface area contributed by atoms with E-state index in [4.69, 9.17) is 10.00 Å². The lowest BCUT2D eigenvalue weighted by Gasteiger charge is -2.17. The number of hydrogen-bond acceptors (Lipinski definition) is 4.